The first-order valence-electron chi connectivity index (χ1n) is 8.45. The molecule has 3 aromatic rings. The number of aromatic nitrogens is 1. The van der Waals surface area contributed by atoms with Crippen LogP contribution in [-0.4, -0.2) is 21.6 Å². The molecule has 2 aromatic heterocycles. The van der Waals surface area contributed by atoms with E-state index in [1.165, 1.54) is 0 Å². The summed E-state index contributed by atoms with van der Waals surface area (Å²) in [4.78, 5) is 6.41. The van der Waals surface area contributed by atoms with Gasteiger partial charge >= 0.3 is 0 Å². The van der Waals surface area contributed by atoms with E-state index in [-0.39, 0.29) is 0 Å². The smallest absolute Gasteiger partial charge is 0.174 e. The van der Waals surface area contributed by atoms with Crippen LogP contribution in [0, 0.1) is 0 Å². The summed E-state index contributed by atoms with van der Waals surface area (Å²) in [6.07, 6.45) is 3.44. The summed E-state index contributed by atoms with van der Waals surface area (Å²) in [7, 11) is 0. The van der Waals surface area contributed by atoms with Gasteiger partial charge in [0.1, 0.15) is 11.5 Å². The average Bonchev–Trinajstić information content (AvgIpc) is 3.17. The molecule has 0 unspecified atom stereocenters. The number of nitrogens with one attached hydrogen (secondary N) is 1. The van der Waals surface area contributed by atoms with E-state index in [0.29, 0.717) is 24.8 Å². The van der Waals surface area contributed by atoms with Crippen molar-refractivity contribution in [1.29, 1.82) is 0 Å². The topological polar surface area (TPSA) is 50.5 Å². The molecule has 5 nitrogen and oxygen atoms in total. The van der Waals surface area contributed by atoms with Crippen LogP contribution in [0.15, 0.2) is 71.5 Å². The van der Waals surface area contributed by atoms with Gasteiger partial charge in [0, 0.05) is 11.9 Å². The average molecular weight is 367 g/mol. The molecular formula is C20H21N3O2S. The van der Waals surface area contributed by atoms with E-state index in [9.17, 15) is 0 Å². The Morgan fingerprint density at radius 1 is 1.12 bits per heavy atom. The molecule has 0 aliphatic rings. The van der Waals surface area contributed by atoms with E-state index in [2.05, 4.69) is 10.3 Å². The van der Waals surface area contributed by atoms with Crippen molar-refractivity contribution in [3.8, 4) is 5.75 Å². The number of rotatable bonds is 7. The SMILES string of the molecule is CCOc1ccc(NC(=S)N(Cc2ccccn2)Cc2ccco2)cc1. The lowest BCUT2D eigenvalue weighted by atomic mass is 10.3. The minimum atomic E-state index is 0.562. The maximum absolute atomic E-state index is 5.63. The monoisotopic (exact) mass is 367 g/mol. The van der Waals surface area contributed by atoms with Crippen molar-refractivity contribution >= 4 is 23.0 Å². The number of hydrogen-bond acceptors (Lipinski definition) is 4. The minimum Gasteiger partial charge on any atom is -0.494 e. The third kappa shape index (κ3) is 5.07. The molecule has 0 aliphatic heterocycles. The lowest BCUT2D eigenvalue weighted by Crippen LogP contribution is -2.34. The summed E-state index contributed by atoms with van der Waals surface area (Å²) in [5.74, 6) is 1.68. The molecule has 0 fully saturated rings. The van der Waals surface area contributed by atoms with E-state index in [4.69, 9.17) is 21.4 Å². The highest BCUT2D eigenvalue weighted by molar-refractivity contribution is 7.80. The van der Waals surface area contributed by atoms with Crippen molar-refractivity contribution < 1.29 is 9.15 Å². The van der Waals surface area contributed by atoms with Crippen LogP contribution >= 0.6 is 12.2 Å². The molecule has 0 atom stereocenters. The second-order valence-corrected chi connectivity index (χ2v) is 6.03. The molecular weight excluding hydrogens is 346 g/mol. The van der Waals surface area contributed by atoms with Crippen LogP contribution in [0.4, 0.5) is 5.69 Å². The third-order valence-corrected chi connectivity index (χ3v) is 4.07. The number of thiocarbonyl (C=S) groups is 1. The van der Waals surface area contributed by atoms with Gasteiger partial charge in [0.05, 0.1) is 31.7 Å². The Labute approximate surface area is 158 Å². The van der Waals surface area contributed by atoms with Crippen molar-refractivity contribution in [2.75, 3.05) is 11.9 Å². The van der Waals surface area contributed by atoms with Crippen molar-refractivity contribution in [1.82, 2.24) is 9.88 Å². The van der Waals surface area contributed by atoms with Crippen LogP contribution in [0.25, 0.3) is 0 Å². The fourth-order valence-electron chi connectivity index (χ4n) is 2.48. The van der Waals surface area contributed by atoms with Gasteiger partial charge in [-0.1, -0.05) is 6.07 Å². The molecule has 0 saturated heterocycles. The second-order valence-electron chi connectivity index (χ2n) is 5.64. The van der Waals surface area contributed by atoms with Crippen molar-refractivity contribution in [3.63, 3.8) is 0 Å². The summed E-state index contributed by atoms with van der Waals surface area (Å²) in [5.41, 5.74) is 1.85. The van der Waals surface area contributed by atoms with Gasteiger partial charge in [-0.05, 0) is 67.7 Å². The predicted octanol–water partition coefficient (Wildman–Crippen LogP) is 4.47. The molecule has 0 radical (unpaired) electrons. The summed E-state index contributed by atoms with van der Waals surface area (Å²) in [6.45, 7) is 3.76. The molecule has 0 spiro atoms. The predicted molar refractivity (Wildman–Crippen MR) is 106 cm³/mol. The molecule has 0 saturated carbocycles. The molecule has 0 bridgehead atoms. The van der Waals surface area contributed by atoms with Crippen molar-refractivity contribution in [2.24, 2.45) is 0 Å². The van der Waals surface area contributed by atoms with Gasteiger partial charge in [-0.2, -0.15) is 0 Å². The Bertz CT molecular complexity index is 805. The Kier molecular flexibility index (Phi) is 6.22. The number of hydrogen-bond donors (Lipinski definition) is 1. The highest BCUT2D eigenvalue weighted by Gasteiger charge is 2.13. The van der Waals surface area contributed by atoms with E-state index in [1.54, 1.807) is 12.5 Å². The van der Waals surface area contributed by atoms with Gasteiger partial charge in [0.2, 0.25) is 0 Å². The molecule has 3 rings (SSSR count). The summed E-state index contributed by atoms with van der Waals surface area (Å²) >= 11 is 5.63. The van der Waals surface area contributed by atoms with Crippen LogP contribution in [0.3, 0.4) is 0 Å². The van der Waals surface area contributed by atoms with Crippen LogP contribution in [0.1, 0.15) is 18.4 Å². The third-order valence-electron chi connectivity index (χ3n) is 3.71. The van der Waals surface area contributed by atoms with E-state index in [1.807, 2.05) is 66.4 Å². The molecule has 1 aromatic carbocycles. The molecule has 134 valence electrons. The number of benzene rings is 1. The van der Waals surface area contributed by atoms with Gasteiger partial charge < -0.3 is 19.4 Å². The van der Waals surface area contributed by atoms with Gasteiger partial charge in [-0.25, -0.2) is 0 Å². The molecule has 1 N–H and O–H groups in total. The standard InChI is InChI=1S/C20H21N3O2S/c1-2-24-18-10-8-16(9-11-18)22-20(26)23(15-19-7-5-13-25-19)14-17-6-3-4-12-21-17/h3-13H,2,14-15H2,1H3,(H,22,26). The molecule has 0 aliphatic carbocycles. The Morgan fingerprint density at radius 2 is 1.96 bits per heavy atom. The number of pyridine rings is 1. The van der Waals surface area contributed by atoms with Gasteiger partial charge in [-0.3, -0.25) is 4.98 Å². The van der Waals surface area contributed by atoms with E-state index in [0.717, 1.165) is 22.9 Å². The Hall–Kier alpha value is -2.86. The fourth-order valence-corrected chi connectivity index (χ4v) is 2.73. The number of anilines is 1. The van der Waals surface area contributed by atoms with Crippen molar-refractivity contribution in [3.05, 3.63) is 78.5 Å². The first-order valence-corrected chi connectivity index (χ1v) is 8.86. The zero-order valence-electron chi connectivity index (χ0n) is 14.6. The van der Waals surface area contributed by atoms with Crippen LogP contribution < -0.4 is 10.1 Å². The zero-order chi connectivity index (χ0) is 18.2. The van der Waals surface area contributed by atoms with Gasteiger partial charge in [-0.15, -0.1) is 0 Å². The summed E-state index contributed by atoms with van der Waals surface area (Å²) in [6, 6.07) is 17.4. The zero-order valence-corrected chi connectivity index (χ0v) is 15.4. The van der Waals surface area contributed by atoms with Crippen LogP contribution in [-0.2, 0) is 13.1 Å². The number of nitrogens with zero attached hydrogens (tertiary/aromatic N) is 2. The molecule has 6 heteroatoms. The maximum atomic E-state index is 5.63. The van der Waals surface area contributed by atoms with Crippen LogP contribution in [0.2, 0.25) is 0 Å². The molecule has 0 amide bonds. The van der Waals surface area contributed by atoms with Crippen LogP contribution in [0.5, 0.6) is 5.75 Å². The maximum Gasteiger partial charge on any atom is 0.174 e. The van der Waals surface area contributed by atoms with E-state index >= 15 is 0 Å². The lowest BCUT2D eigenvalue weighted by Gasteiger charge is -2.24. The quantitative estimate of drug-likeness (QED) is 0.622. The fraction of sp³-hybridized carbons (Fsp3) is 0.200. The van der Waals surface area contributed by atoms with Gasteiger partial charge in [0.25, 0.3) is 0 Å². The normalized spacial score (nSPS) is 10.3. The first-order chi connectivity index (χ1) is 12.7. The van der Waals surface area contributed by atoms with Crippen molar-refractivity contribution in [2.45, 2.75) is 20.0 Å². The van der Waals surface area contributed by atoms with E-state index < -0.39 is 0 Å². The highest BCUT2D eigenvalue weighted by atomic mass is 32.1. The number of ether oxygens (including phenoxy) is 1. The number of furan rings is 1. The molecule has 26 heavy (non-hydrogen) atoms. The highest BCUT2D eigenvalue weighted by Crippen LogP contribution is 2.17. The summed E-state index contributed by atoms with van der Waals surface area (Å²) < 4.78 is 10.9. The largest absolute Gasteiger partial charge is 0.494 e. The Morgan fingerprint density at radius 3 is 2.62 bits per heavy atom. The molecule has 2 heterocycles. The first kappa shape index (κ1) is 17.9. The summed E-state index contributed by atoms with van der Waals surface area (Å²) in [5, 5.41) is 3.88. The second kappa shape index (κ2) is 9.01. The lowest BCUT2D eigenvalue weighted by molar-refractivity contribution is 0.340. The minimum absolute atomic E-state index is 0.562. The van der Waals surface area contributed by atoms with Gasteiger partial charge in [0.15, 0.2) is 5.11 Å². The Balaban J connectivity index is 1.71.